The summed E-state index contributed by atoms with van der Waals surface area (Å²) >= 11 is 0. The Morgan fingerprint density at radius 2 is 1.86 bits per heavy atom. The molecule has 0 aliphatic carbocycles. The monoisotopic (exact) mass is 383 g/mol. The van der Waals surface area contributed by atoms with Gasteiger partial charge >= 0.3 is 0 Å². The van der Waals surface area contributed by atoms with Crippen molar-refractivity contribution in [2.24, 2.45) is 5.16 Å². The summed E-state index contributed by atoms with van der Waals surface area (Å²) in [5.74, 6) is 0.713. The average molecular weight is 383 g/mol. The molecule has 0 saturated heterocycles. The van der Waals surface area contributed by atoms with Crippen LogP contribution in [0.25, 0.3) is 0 Å². The molecule has 1 N–H and O–H groups in total. The highest BCUT2D eigenvalue weighted by atomic mass is 16.6. The number of oxime groups is 1. The second kappa shape index (κ2) is 11.1. The van der Waals surface area contributed by atoms with Gasteiger partial charge in [-0.05, 0) is 48.5 Å². The van der Waals surface area contributed by atoms with Crippen molar-refractivity contribution in [1.82, 2.24) is 10.2 Å². The molecule has 2 aromatic carbocycles. The third-order valence-corrected chi connectivity index (χ3v) is 4.67. The third kappa shape index (κ3) is 5.82. The molecule has 150 valence electrons. The number of methoxy groups -OCH3 is 1. The van der Waals surface area contributed by atoms with Gasteiger partial charge in [-0.1, -0.05) is 43.3 Å². The average Bonchev–Trinajstić information content (AvgIpc) is 2.75. The lowest BCUT2D eigenvalue weighted by Gasteiger charge is -2.30. The number of ether oxygens (including phenoxy) is 1. The summed E-state index contributed by atoms with van der Waals surface area (Å²) < 4.78 is 5.36. The smallest absolute Gasteiger partial charge is 0.251 e. The fourth-order valence-electron chi connectivity index (χ4n) is 3.10. The number of hydrogen-bond donors (Lipinski definition) is 1. The van der Waals surface area contributed by atoms with Gasteiger partial charge in [-0.2, -0.15) is 0 Å². The van der Waals surface area contributed by atoms with Crippen LogP contribution in [0.15, 0.2) is 53.7 Å². The molecule has 0 heterocycles. The van der Waals surface area contributed by atoms with E-state index in [-0.39, 0.29) is 11.9 Å². The lowest BCUT2D eigenvalue weighted by molar-refractivity contribution is 0.0935. The summed E-state index contributed by atoms with van der Waals surface area (Å²) in [4.78, 5) is 19.6. The van der Waals surface area contributed by atoms with Gasteiger partial charge < -0.3 is 14.9 Å². The molecule has 0 saturated carbocycles. The Morgan fingerprint density at radius 1 is 1.14 bits per heavy atom. The highest BCUT2D eigenvalue weighted by molar-refractivity contribution is 5.95. The first-order chi connectivity index (χ1) is 13.6. The van der Waals surface area contributed by atoms with Crippen molar-refractivity contribution in [1.29, 1.82) is 0 Å². The second-order valence-corrected chi connectivity index (χ2v) is 6.26. The molecule has 2 rings (SSSR count). The number of nitrogens with zero attached hydrogens (tertiary/aromatic N) is 2. The molecule has 6 nitrogen and oxygen atoms in total. The first-order valence-electron chi connectivity index (χ1n) is 9.45. The Kier molecular flexibility index (Phi) is 8.49. The Hall–Kier alpha value is -2.86. The third-order valence-electron chi connectivity index (χ3n) is 4.67. The van der Waals surface area contributed by atoms with Crippen molar-refractivity contribution in [2.75, 3.05) is 33.9 Å². The summed E-state index contributed by atoms with van der Waals surface area (Å²) in [7, 11) is 3.15. The van der Waals surface area contributed by atoms with Gasteiger partial charge in [-0.3, -0.25) is 9.69 Å². The van der Waals surface area contributed by atoms with Gasteiger partial charge in [-0.25, -0.2) is 0 Å². The zero-order valence-corrected chi connectivity index (χ0v) is 17.0. The summed E-state index contributed by atoms with van der Waals surface area (Å²) in [6.45, 7) is 6.54. The van der Waals surface area contributed by atoms with E-state index in [1.165, 1.54) is 7.11 Å². The summed E-state index contributed by atoms with van der Waals surface area (Å²) in [6, 6.07) is 15.3. The van der Waals surface area contributed by atoms with Gasteiger partial charge in [0.05, 0.1) is 19.4 Å². The zero-order valence-electron chi connectivity index (χ0n) is 17.0. The van der Waals surface area contributed by atoms with E-state index in [2.05, 4.69) is 40.1 Å². The Balaban J connectivity index is 2.11. The SMILES string of the molecule is CCN(CC)C(CNC(=O)c1ccc(/C=N/OC)cc1)c1cccc(OC)c1. The minimum absolute atomic E-state index is 0.0714. The van der Waals surface area contributed by atoms with Crippen molar-refractivity contribution in [3.63, 3.8) is 0 Å². The van der Waals surface area contributed by atoms with Crippen molar-refractivity contribution in [2.45, 2.75) is 19.9 Å². The van der Waals surface area contributed by atoms with E-state index >= 15 is 0 Å². The number of rotatable bonds is 10. The molecule has 0 radical (unpaired) electrons. The number of hydrogen-bond acceptors (Lipinski definition) is 5. The summed E-state index contributed by atoms with van der Waals surface area (Å²) in [5, 5.41) is 6.79. The van der Waals surface area contributed by atoms with Crippen molar-refractivity contribution in [3.05, 3.63) is 65.2 Å². The maximum Gasteiger partial charge on any atom is 0.251 e. The van der Waals surface area contributed by atoms with Gasteiger partial charge in [0.25, 0.3) is 5.91 Å². The molecule has 0 bridgehead atoms. The molecule has 1 atom stereocenters. The van der Waals surface area contributed by atoms with E-state index < -0.39 is 0 Å². The Labute approximate surface area is 167 Å². The lowest BCUT2D eigenvalue weighted by atomic mass is 10.0. The number of amides is 1. The van der Waals surface area contributed by atoms with Crippen molar-refractivity contribution >= 4 is 12.1 Å². The molecular weight excluding hydrogens is 354 g/mol. The van der Waals surface area contributed by atoms with Crippen LogP contribution >= 0.6 is 0 Å². The summed E-state index contributed by atoms with van der Waals surface area (Å²) in [6.07, 6.45) is 1.60. The molecule has 1 amide bonds. The maximum atomic E-state index is 12.6. The molecule has 0 spiro atoms. The van der Waals surface area contributed by atoms with Crippen LogP contribution in [-0.4, -0.2) is 50.9 Å². The minimum Gasteiger partial charge on any atom is -0.497 e. The molecule has 0 fully saturated rings. The van der Waals surface area contributed by atoms with Gasteiger partial charge in [0, 0.05) is 12.1 Å². The van der Waals surface area contributed by atoms with E-state index in [1.807, 2.05) is 30.3 Å². The van der Waals surface area contributed by atoms with Crippen molar-refractivity contribution < 1.29 is 14.4 Å². The maximum absolute atomic E-state index is 12.6. The Morgan fingerprint density at radius 3 is 2.46 bits per heavy atom. The number of carbonyl (C=O) groups is 1. The molecule has 0 aliphatic heterocycles. The molecule has 0 aliphatic rings. The standard InChI is InChI=1S/C22H29N3O3/c1-5-25(6-2)21(19-8-7-9-20(14-19)27-3)16-23-22(26)18-12-10-17(11-13-18)15-24-28-4/h7-15,21H,5-6,16H2,1-4H3,(H,23,26)/b24-15+. The first kappa shape index (κ1) is 21.4. The van der Waals surface area contributed by atoms with E-state index in [4.69, 9.17) is 4.74 Å². The molecule has 6 heteroatoms. The van der Waals surface area contributed by atoms with Crippen molar-refractivity contribution in [3.8, 4) is 5.75 Å². The van der Waals surface area contributed by atoms with E-state index in [0.717, 1.165) is 30.0 Å². The van der Waals surface area contributed by atoms with Gasteiger partial charge in [0.15, 0.2) is 0 Å². The molecule has 1 unspecified atom stereocenters. The van der Waals surface area contributed by atoms with Crippen LogP contribution in [0, 0.1) is 0 Å². The number of nitrogens with one attached hydrogen (secondary N) is 1. The number of carbonyl (C=O) groups excluding carboxylic acids is 1. The first-order valence-corrected chi connectivity index (χ1v) is 9.45. The quantitative estimate of drug-likeness (QED) is 0.504. The predicted molar refractivity (Wildman–Crippen MR) is 112 cm³/mol. The molecule has 2 aromatic rings. The van der Waals surface area contributed by atoms with E-state index in [0.29, 0.717) is 12.1 Å². The van der Waals surface area contributed by atoms with Gasteiger partial charge in [-0.15, -0.1) is 0 Å². The second-order valence-electron chi connectivity index (χ2n) is 6.26. The normalized spacial score (nSPS) is 12.2. The highest BCUT2D eigenvalue weighted by Gasteiger charge is 2.19. The van der Waals surface area contributed by atoms with E-state index in [1.54, 1.807) is 25.5 Å². The van der Waals surface area contributed by atoms with Crippen LogP contribution in [0.5, 0.6) is 5.75 Å². The Bertz CT molecular complexity index is 771. The summed E-state index contributed by atoms with van der Waals surface area (Å²) in [5.41, 5.74) is 2.60. The van der Waals surface area contributed by atoms with Crippen LogP contribution in [0.4, 0.5) is 0 Å². The van der Waals surface area contributed by atoms with Gasteiger partial charge in [0.1, 0.15) is 12.9 Å². The largest absolute Gasteiger partial charge is 0.497 e. The highest BCUT2D eigenvalue weighted by Crippen LogP contribution is 2.24. The van der Waals surface area contributed by atoms with E-state index in [9.17, 15) is 4.79 Å². The topological polar surface area (TPSA) is 63.2 Å². The lowest BCUT2D eigenvalue weighted by Crippen LogP contribution is -2.38. The number of benzene rings is 2. The van der Waals surface area contributed by atoms with Crippen LogP contribution in [0.3, 0.4) is 0 Å². The molecule has 28 heavy (non-hydrogen) atoms. The van der Waals surface area contributed by atoms with Crippen LogP contribution < -0.4 is 10.1 Å². The fourth-order valence-corrected chi connectivity index (χ4v) is 3.10. The molecular formula is C22H29N3O3. The minimum atomic E-state index is -0.102. The van der Waals surface area contributed by atoms with Crippen LogP contribution in [0.1, 0.15) is 41.4 Å². The van der Waals surface area contributed by atoms with Crippen LogP contribution in [0.2, 0.25) is 0 Å². The van der Waals surface area contributed by atoms with Crippen LogP contribution in [-0.2, 0) is 4.84 Å². The molecule has 0 aromatic heterocycles. The fraction of sp³-hybridized carbons (Fsp3) is 0.364. The van der Waals surface area contributed by atoms with Gasteiger partial charge in [0.2, 0.25) is 0 Å². The number of likely N-dealkylation sites (N-methyl/N-ethyl adjacent to an activating group) is 1. The zero-order chi connectivity index (χ0) is 20.4. The predicted octanol–water partition coefficient (Wildman–Crippen LogP) is 3.49.